The van der Waals surface area contributed by atoms with Gasteiger partial charge in [-0.3, -0.25) is 0 Å². The van der Waals surface area contributed by atoms with Gasteiger partial charge < -0.3 is 14.8 Å². The quantitative estimate of drug-likeness (QED) is 0.713. The predicted octanol–water partition coefficient (Wildman–Crippen LogP) is 3.89. The summed E-state index contributed by atoms with van der Waals surface area (Å²) in [4.78, 5) is 0. The van der Waals surface area contributed by atoms with Crippen LogP contribution >= 0.6 is 11.6 Å². The molecule has 0 aromatic heterocycles. The molecule has 0 heterocycles. The van der Waals surface area contributed by atoms with E-state index in [2.05, 4.69) is 5.32 Å². The minimum Gasteiger partial charge on any atom is -0.492 e. The van der Waals surface area contributed by atoms with Crippen LogP contribution in [0.25, 0.3) is 10.8 Å². The number of ether oxygens (including phenoxy) is 2. The minimum absolute atomic E-state index is 0.639. The lowest BCUT2D eigenvalue weighted by atomic mass is 10.1. The van der Waals surface area contributed by atoms with Crippen molar-refractivity contribution >= 4 is 22.4 Å². The average molecular weight is 308 g/mol. The number of rotatable bonds is 9. The lowest BCUT2D eigenvalue weighted by Gasteiger charge is -2.11. The highest BCUT2D eigenvalue weighted by atomic mass is 35.5. The van der Waals surface area contributed by atoms with E-state index in [1.165, 1.54) is 0 Å². The van der Waals surface area contributed by atoms with Gasteiger partial charge in [0.15, 0.2) is 0 Å². The Balaban J connectivity index is 1.78. The van der Waals surface area contributed by atoms with Gasteiger partial charge in [0.25, 0.3) is 0 Å². The van der Waals surface area contributed by atoms with Crippen LogP contribution in [0.4, 0.5) is 0 Å². The predicted molar refractivity (Wildman–Crippen MR) is 88.4 cm³/mol. The third-order valence-corrected chi connectivity index (χ3v) is 3.54. The van der Waals surface area contributed by atoms with Crippen LogP contribution in [0.15, 0.2) is 36.4 Å². The van der Waals surface area contributed by atoms with E-state index in [4.69, 9.17) is 21.1 Å². The molecule has 0 atom stereocenters. The van der Waals surface area contributed by atoms with E-state index >= 15 is 0 Å². The molecule has 2 rings (SSSR count). The molecule has 114 valence electrons. The first-order valence-corrected chi connectivity index (χ1v) is 7.79. The molecule has 2 aromatic carbocycles. The van der Waals surface area contributed by atoms with Gasteiger partial charge in [-0.2, -0.15) is 0 Å². The van der Waals surface area contributed by atoms with Crippen LogP contribution in [-0.2, 0) is 4.74 Å². The molecule has 0 aliphatic carbocycles. The van der Waals surface area contributed by atoms with Crippen molar-refractivity contribution in [1.29, 1.82) is 0 Å². The van der Waals surface area contributed by atoms with E-state index in [1.807, 2.05) is 43.3 Å². The maximum Gasteiger partial charge on any atom is 0.127 e. The first-order valence-electron chi connectivity index (χ1n) is 7.41. The number of hydrogen-bond donors (Lipinski definition) is 1. The molecule has 0 aliphatic rings. The van der Waals surface area contributed by atoms with Gasteiger partial charge in [0.1, 0.15) is 12.4 Å². The maximum atomic E-state index is 6.19. The monoisotopic (exact) mass is 307 g/mol. The number of halogens is 1. The molecule has 0 fully saturated rings. The first-order chi connectivity index (χ1) is 10.3. The molecule has 3 nitrogen and oxygen atoms in total. The summed E-state index contributed by atoms with van der Waals surface area (Å²) in [5.41, 5.74) is 0. The molecule has 4 heteroatoms. The van der Waals surface area contributed by atoms with E-state index in [0.29, 0.717) is 6.61 Å². The molecule has 2 aromatic rings. The van der Waals surface area contributed by atoms with Crippen molar-refractivity contribution in [3.8, 4) is 5.75 Å². The van der Waals surface area contributed by atoms with Crippen LogP contribution in [0.5, 0.6) is 5.75 Å². The van der Waals surface area contributed by atoms with Crippen molar-refractivity contribution in [3.63, 3.8) is 0 Å². The van der Waals surface area contributed by atoms with Gasteiger partial charge in [-0.25, -0.2) is 0 Å². The third kappa shape index (κ3) is 4.88. The summed E-state index contributed by atoms with van der Waals surface area (Å²) in [5, 5.41) is 6.19. The van der Waals surface area contributed by atoms with Crippen LogP contribution in [0.3, 0.4) is 0 Å². The van der Waals surface area contributed by atoms with Crippen molar-refractivity contribution in [2.24, 2.45) is 0 Å². The molecule has 21 heavy (non-hydrogen) atoms. The molecule has 1 N–H and O–H groups in total. The van der Waals surface area contributed by atoms with Crippen LogP contribution < -0.4 is 10.1 Å². The Kier molecular flexibility index (Phi) is 6.80. The lowest BCUT2D eigenvalue weighted by molar-refractivity contribution is 0.144. The summed E-state index contributed by atoms with van der Waals surface area (Å²) in [6.07, 6.45) is 1.03. The van der Waals surface area contributed by atoms with Crippen molar-refractivity contribution in [3.05, 3.63) is 41.4 Å². The Hall–Kier alpha value is -1.29. The van der Waals surface area contributed by atoms with Crippen LogP contribution in [0.1, 0.15) is 13.3 Å². The highest BCUT2D eigenvalue weighted by molar-refractivity contribution is 6.35. The number of benzene rings is 2. The molecule has 0 saturated carbocycles. The summed E-state index contributed by atoms with van der Waals surface area (Å²) < 4.78 is 11.1. The molecule has 0 unspecified atom stereocenters. The number of nitrogens with one attached hydrogen (secondary N) is 1. The van der Waals surface area contributed by atoms with E-state index in [9.17, 15) is 0 Å². The van der Waals surface area contributed by atoms with E-state index in [0.717, 1.165) is 54.3 Å². The van der Waals surface area contributed by atoms with Gasteiger partial charge >= 0.3 is 0 Å². The minimum atomic E-state index is 0.639. The Labute approximate surface area is 131 Å². The van der Waals surface area contributed by atoms with Gasteiger partial charge in [0.2, 0.25) is 0 Å². The van der Waals surface area contributed by atoms with Crippen LogP contribution in [-0.4, -0.2) is 32.9 Å². The smallest absolute Gasteiger partial charge is 0.127 e. The average Bonchev–Trinajstić information content (AvgIpc) is 2.52. The summed E-state index contributed by atoms with van der Waals surface area (Å²) in [7, 11) is 0. The van der Waals surface area contributed by atoms with E-state index in [-0.39, 0.29) is 0 Å². The summed E-state index contributed by atoms with van der Waals surface area (Å²) in [6, 6.07) is 11.8. The van der Waals surface area contributed by atoms with Gasteiger partial charge in [-0.05, 0) is 32.0 Å². The molecule has 0 bridgehead atoms. The summed E-state index contributed by atoms with van der Waals surface area (Å²) in [6.45, 7) is 6.02. The molecule has 0 radical (unpaired) electrons. The Morgan fingerprint density at radius 3 is 2.62 bits per heavy atom. The van der Waals surface area contributed by atoms with Crippen molar-refractivity contribution in [2.45, 2.75) is 13.3 Å². The fourth-order valence-corrected chi connectivity index (χ4v) is 2.39. The van der Waals surface area contributed by atoms with Crippen molar-refractivity contribution < 1.29 is 9.47 Å². The standard InChI is InChI=1S/C17H22ClNO2/c1-2-20-12-5-10-19-11-13-21-17-9-8-16(18)14-6-3-4-7-15(14)17/h3-4,6-9,19H,2,5,10-13H2,1H3. The Morgan fingerprint density at radius 1 is 1.00 bits per heavy atom. The molecular formula is C17H22ClNO2. The Morgan fingerprint density at radius 2 is 1.81 bits per heavy atom. The van der Waals surface area contributed by atoms with Gasteiger partial charge in [0, 0.05) is 35.6 Å². The zero-order valence-corrected chi connectivity index (χ0v) is 13.2. The van der Waals surface area contributed by atoms with Gasteiger partial charge in [-0.15, -0.1) is 0 Å². The zero-order valence-electron chi connectivity index (χ0n) is 12.4. The largest absolute Gasteiger partial charge is 0.492 e. The second-order valence-corrected chi connectivity index (χ2v) is 5.15. The number of fused-ring (bicyclic) bond motifs is 1. The van der Waals surface area contributed by atoms with Gasteiger partial charge in [-0.1, -0.05) is 35.9 Å². The summed E-state index contributed by atoms with van der Waals surface area (Å²) >= 11 is 6.19. The van der Waals surface area contributed by atoms with Gasteiger partial charge in [0.05, 0.1) is 0 Å². The normalized spacial score (nSPS) is 11.0. The van der Waals surface area contributed by atoms with Crippen LogP contribution in [0, 0.1) is 0 Å². The number of hydrogen-bond acceptors (Lipinski definition) is 3. The molecular weight excluding hydrogens is 286 g/mol. The van der Waals surface area contributed by atoms with E-state index < -0.39 is 0 Å². The SMILES string of the molecule is CCOCCCNCCOc1ccc(Cl)c2ccccc12. The summed E-state index contributed by atoms with van der Waals surface area (Å²) in [5.74, 6) is 0.881. The molecule has 0 saturated heterocycles. The van der Waals surface area contributed by atoms with Crippen molar-refractivity contribution in [2.75, 3.05) is 32.9 Å². The molecule has 0 aliphatic heterocycles. The molecule has 0 spiro atoms. The first kappa shape index (κ1) is 16.1. The molecule has 0 amide bonds. The second kappa shape index (κ2) is 8.88. The zero-order chi connectivity index (χ0) is 14.9. The second-order valence-electron chi connectivity index (χ2n) is 4.74. The fraction of sp³-hybridized carbons (Fsp3) is 0.412. The lowest BCUT2D eigenvalue weighted by Crippen LogP contribution is -2.23. The van der Waals surface area contributed by atoms with Crippen LogP contribution in [0.2, 0.25) is 5.02 Å². The van der Waals surface area contributed by atoms with E-state index in [1.54, 1.807) is 0 Å². The maximum absolute atomic E-state index is 6.19. The highest BCUT2D eigenvalue weighted by Gasteiger charge is 2.04. The highest BCUT2D eigenvalue weighted by Crippen LogP contribution is 2.31. The third-order valence-electron chi connectivity index (χ3n) is 3.21. The van der Waals surface area contributed by atoms with Crippen molar-refractivity contribution in [1.82, 2.24) is 5.32 Å². The topological polar surface area (TPSA) is 30.5 Å². The fourth-order valence-electron chi connectivity index (χ4n) is 2.16. The Bertz CT molecular complexity index is 559.